The Morgan fingerprint density at radius 3 is 2.82 bits per heavy atom. The van der Waals surface area contributed by atoms with Gasteiger partial charge in [-0.05, 0) is 24.1 Å². The zero-order valence-electron chi connectivity index (χ0n) is 10.3. The number of unbranched alkanes of at least 4 members (excludes halogenated alkanes) is 2. The molecule has 1 atom stereocenters. The molecular weight excluding hydrogens is 232 g/mol. The van der Waals surface area contributed by atoms with Gasteiger partial charge in [-0.3, -0.25) is 0 Å². The van der Waals surface area contributed by atoms with E-state index in [0.29, 0.717) is 0 Å². The van der Waals surface area contributed by atoms with Gasteiger partial charge in [-0.2, -0.15) is 0 Å². The molecule has 0 amide bonds. The molecule has 2 aromatic rings. The molecule has 1 aromatic carbocycles. The van der Waals surface area contributed by atoms with Crippen molar-refractivity contribution in [2.45, 2.75) is 38.6 Å². The number of aromatic amines is 1. The van der Waals surface area contributed by atoms with Gasteiger partial charge in [0, 0.05) is 23.1 Å². The van der Waals surface area contributed by atoms with Gasteiger partial charge in [-0.15, -0.1) is 12.4 Å². The van der Waals surface area contributed by atoms with Crippen LogP contribution in [0.15, 0.2) is 30.5 Å². The van der Waals surface area contributed by atoms with E-state index >= 15 is 0 Å². The van der Waals surface area contributed by atoms with Crippen molar-refractivity contribution in [3.05, 3.63) is 36.0 Å². The minimum absolute atomic E-state index is 0. The fourth-order valence-corrected chi connectivity index (χ4v) is 2.20. The predicted molar refractivity (Wildman–Crippen MR) is 76.6 cm³/mol. The van der Waals surface area contributed by atoms with E-state index in [1.54, 1.807) is 0 Å². The average Bonchev–Trinajstić information content (AvgIpc) is 2.76. The molecule has 2 rings (SSSR count). The zero-order valence-corrected chi connectivity index (χ0v) is 11.1. The maximum Gasteiger partial charge on any atom is 0.0457 e. The Bertz CT molecular complexity index is 450. The highest BCUT2D eigenvalue weighted by Crippen LogP contribution is 2.25. The van der Waals surface area contributed by atoms with Gasteiger partial charge < -0.3 is 10.7 Å². The van der Waals surface area contributed by atoms with Crippen molar-refractivity contribution in [2.75, 3.05) is 0 Å². The summed E-state index contributed by atoms with van der Waals surface area (Å²) in [6, 6.07) is 8.61. The van der Waals surface area contributed by atoms with Crippen molar-refractivity contribution in [3.63, 3.8) is 0 Å². The number of benzene rings is 1. The lowest BCUT2D eigenvalue weighted by Crippen LogP contribution is -2.10. The average molecular weight is 253 g/mol. The van der Waals surface area contributed by atoms with Gasteiger partial charge in [0.2, 0.25) is 0 Å². The normalized spacial score (nSPS) is 12.4. The first-order chi connectivity index (χ1) is 7.83. The van der Waals surface area contributed by atoms with Gasteiger partial charge in [0.25, 0.3) is 0 Å². The second-order valence-corrected chi connectivity index (χ2v) is 4.39. The van der Waals surface area contributed by atoms with Crippen LogP contribution >= 0.6 is 12.4 Å². The monoisotopic (exact) mass is 252 g/mol. The number of rotatable bonds is 5. The van der Waals surface area contributed by atoms with Crippen LogP contribution in [0.2, 0.25) is 0 Å². The number of nitrogens with one attached hydrogen (secondary N) is 1. The van der Waals surface area contributed by atoms with Crippen molar-refractivity contribution >= 4 is 23.3 Å². The van der Waals surface area contributed by atoms with Crippen LogP contribution in [0, 0.1) is 0 Å². The lowest BCUT2D eigenvalue weighted by atomic mass is 9.98. The third-order valence-corrected chi connectivity index (χ3v) is 3.15. The first-order valence-electron chi connectivity index (χ1n) is 6.14. The minimum Gasteiger partial charge on any atom is -0.361 e. The summed E-state index contributed by atoms with van der Waals surface area (Å²) in [6.45, 7) is 2.22. The molecular formula is C14H21ClN2. The molecule has 0 fully saturated rings. The van der Waals surface area contributed by atoms with Crippen LogP contribution in [0.3, 0.4) is 0 Å². The Kier molecular flexibility index (Phi) is 5.52. The number of H-pyrrole nitrogens is 1. The Morgan fingerprint density at radius 1 is 1.24 bits per heavy atom. The third-order valence-electron chi connectivity index (χ3n) is 3.15. The molecule has 3 heteroatoms. The molecule has 0 bridgehead atoms. The van der Waals surface area contributed by atoms with Gasteiger partial charge in [0.1, 0.15) is 0 Å². The highest BCUT2D eigenvalue weighted by Gasteiger charge is 2.09. The van der Waals surface area contributed by atoms with Gasteiger partial charge in [0.15, 0.2) is 0 Å². The van der Waals surface area contributed by atoms with Crippen LogP contribution in [0.5, 0.6) is 0 Å². The third kappa shape index (κ3) is 3.24. The summed E-state index contributed by atoms with van der Waals surface area (Å²) in [4.78, 5) is 3.23. The van der Waals surface area contributed by atoms with E-state index in [4.69, 9.17) is 5.73 Å². The van der Waals surface area contributed by atoms with E-state index in [1.807, 2.05) is 6.20 Å². The fourth-order valence-electron chi connectivity index (χ4n) is 2.20. The molecule has 0 unspecified atom stereocenters. The predicted octanol–water partition coefficient (Wildman–Crippen LogP) is 4.17. The van der Waals surface area contributed by atoms with Crippen LogP contribution in [0.1, 0.15) is 44.2 Å². The Hall–Kier alpha value is -0.990. The second kappa shape index (κ2) is 6.67. The standard InChI is InChI=1S/C14H20N2.ClH/c1-2-3-4-7-13(15)11-6-5-8-14-12(11)9-10-16-14;/h5-6,8-10,13,16H,2-4,7,15H2,1H3;1H/t13-;/m0./s1. The van der Waals surface area contributed by atoms with E-state index in [2.05, 4.69) is 36.2 Å². The molecule has 0 aliphatic heterocycles. The lowest BCUT2D eigenvalue weighted by molar-refractivity contribution is 0.584. The molecule has 1 aromatic heterocycles. The molecule has 2 nitrogen and oxygen atoms in total. The van der Waals surface area contributed by atoms with Gasteiger partial charge in [0.05, 0.1) is 0 Å². The van der Waals surface area contributed by atoms with Gasteiger partial charge >= 0.3 is 0 Å². The molecule has 0 saturated heterocycles. The SMILES string of the molecule is CCCCC[C@H](N)c1cccc2[nH]ccc12.Cl. The zero-order chi connectivity index (χ0) is 11.4. The summed E-state index contributed by atoms with van der Waals surface area (Å²) in [5.41, 5.74) is 8.70. The number of hydrogen-bond donors (Lipinski definition) is 2. The molecule has 0 radical (unpaired) electrons. The summed E-state index contributed by atoms with van der Waals surface area (Å²) >= 11 is 0. The molecule has 94 valence electrons. The molecule has 3 N–H and O–H groups in total. The quantitative estimate of drug-likeness (QED) is 0.771. The fraction of sp³-hybridized carbons (Fsp3) is 0.429. The van der Waals surface area contributed by atoms with Gasteiger partial charge in [-0.1, -0.05) is 38.3 Å². The molecule has 0 aliphatic rings. The minimum atomic E-state index is 0. The Morgan fingerprint density at radius 2 is 2.06 bits per heavy atom. The Balaban J connectivity index is 0.00000144. The smallest absolute Gasteiger partial charge is 0.0457 e. The van der Waals surface area contributed by atoms with Crippen molar-refractivity contribution in [1.82, 2.24) is 4.98 Å². The number of fused-ring (bicyclic) bond motifs is 1. The van der Waals surface area contributed by atoms with Crippen LogP contribution in [0.4, 0.5) is 0 Å². The van der Waals surface area contributed by atoms with Crippen molar-refractivity contribution in [2.24, 2.45) is 5.73 Å². The van der Waals surface area contributed by atoms with E-state index in [0.717, 1.165) is 6.42 Å². The largest absolute Gasteiger partial charge is 0.361 e. The van der Waals surface area contributed by atoms with Crippen LogP contribution in [0.25, 0.3) is 10.9 Å². The lowest BCUT2D eigenvalue weighted by Gasteiger charge is -2.12. The maximum absolute atomic E-state index is 6.25. The number of hydrogen-bond acceptors (Lipinski definition) is 1. The summed E-state index contributed by atoms with van der Waals surface area (Å²) in [5, 5.41) is 1.27. The number of nitrogens with two attached hydrogens (primary N) is 1. The first-order valence-corrected chi connectivity index (χ1v) is 6.14. The van der Waals surface area contributed by atoms with E-state index < -0.39 is 0 Å². The van der Waals surface area contributed by atoms with E-state index in [9.17, 15) is 0 Å². The molecule has 0 saturated carbocycles. The Labute approximate surface area is 109 Å². The van der Waals surface area contributed by atoms with Crippen molar-refractivity contribution in [3.8, 4) is 0 Å². The van der Waals surface area contributed by atoms with Crippen LogP contribution < -0.4 is 5.73 Å². The van der Waals surface area contributed by atoms with Crippen LogP contribution in [-0.4, -0.2) is 4.98 Å². The number of halogens is 1. The summed E-state index contributed by atoms with van der Waals surface area (Å²) < 4.78 is 0. The molecule has 0 spiro atoms. The summed E-state index contributed by atoms with van der Waals surface area (Å²) in [6.07, 6.45) is 6.81. The molecule has 1 heterocycles. The van der Waals surface area contributed by atoms with E-state index in [1.165, 1.54) is 35.7 Å². The highest BCUT2D eigenvalue weighted by atomic mass is 35.5. The van der Waals surface area contributed by atoms with E-state index in [-0.39, 0.29) is 18.4 Å². The van der Waals surface area contributed by atoms with Crippen molar-refractivity contribution < 1.29 is 0 Å². The van der Waals surface area contributed by atoms with Crippen LogP contribution in [-0.2, 0) is 0 Å². The topological polar surface area (TPSA) is 41.8 Å². The number of aromatic nitrogens is 1. The summed E-state index contributed by atoms with van der Waals surface area (Å²) in [5.74, 6) is 0. The van der Waals surface area contributed by atoms with Gasteiger partial charge in [-0.25, -0.2) is 0 Å². The van der Waals surface area contributed by atoms with Crippen molar-refractivity contribution in [1.29, 1.82) is 0 Å². The maximum atomic E-state index is 6.25. The molecule has 0 aliphatic carbocycles. The first kappa shape index (κ1) is 14.1. The second-order valence-electron chi connectivity index (χ2n) is 4.39. The molecule has 17 heavy (non-hydrogen) atoms. The summed E-state index contributed by atoms with van der Waals surface area (Å²) in [7, 11) is 0. The highest BCUT2D eigenvalue weighted by molar-refractivity contribution is 5.85.